The Hall–Kier alpha value is -2.48. The number of rotatable bonds is 3. The number of aliphatic hydroxyl groups is 1. The summed E-state index contributed by atoms with van der Waals surface area (Å²) >= 11 is 0. The largest absolute Gasteiger partial charge is 0.393 e. The van der Waals surface area contributed by atoms with Gasteiger partial charge in [-0.2, -0.15) is 5.10 Å². The second-order valence-electron chi connectivity index (χ2n) is 9.16. The molecule has 1 aliphatic carbocycles. The monoisotopic (exact) mass is 410 g/mol. The first kappa shape index (κ1) is 19.5. The normalized spacial score (nSPS) is 29.7. The van der Waals surface area contributed by atoms with Gasteiger partial charge < -0.3 is 14.9 Å². The van der Waals surface area contributed by atoms with E-state index in [1.54, 1.807) is 17.1 Å². The molecule has 0 aromatic carbocycles. The van der Waals surface area contributed by atoms with Gasteiger partial charge in [-0.25, -0.2) is 14.6 Å². The van der Waals surface area contributed by atoms with E-state index < -0.39 is 0 Å². The Morgan fingerprint density at radius 3 is 2.57 bits per heavy atom. The van der Waals surface area contributed by atoms with Crippen LogP contribution in [0.5, 0.6) is 0 Å². The number of amides is 1. The highest BCUT2D eigenvalue weighted by molar-refractivity contribution is 5.86. The van der Waals surface area contributed by atoms with Crippen molar-refractivity contribution < 1.29 is 9.90 Å². The van der Waals surface area contributed by atoms with E-state index in [9.17, 15) is 9.90 Å². The number of aryl methyl sites for hydroxylation is 1. The molecule has 2 aliphatic heterocycles. The standard InChI is InChI=1S/C22H30N6O2/c1-16-7-11-28(25-16)18-13-23-21(24-14-18)26-10-2-8-22(15-26)9-12-27(20(22)30)17-3-5-19(29)6-4-17/h7,11,13-14,17,19,29H,2-6,8-10,12,15H2,1H3/t17?,19?,22-/m0/s1. The molecule has 1 atom stereocenters. The van der Waals surface area contributed by atoms with Gasteiger partial charge in [-0.15, -0.1) is 0 Å². The summed E-state index contributed by atoms with van der Waals surface area (Å²) in [6.07, 6.45) is 11.6. The van der Waals surface area contributed by atoms with Gasteiger partial charge in [-0.05, 0) is 57.9 Å². The minimum atomic E-state index is -0.310. The Bertz CT molecular complexity index is 905. The molecule has 1 N–H and O–H groups in total. The van der Waals surface area contributed by atoms with E-state index in [4.69, 9.17) is 0 Å². The maximum atomic E-state index is 13.5. The second kappa shape index (κ2) is 7.65. The van der Waals surface area contributed by atoms with E-state index in [2.05, 4.69) is 24.9 Å². The number of hydrogen-bond donors (Lipinski definition) is 1. The Balaban J connectivity index is 1.29. The predicted octanol–water partition coefficient (Wildman–Crippen LogP) is 2.09. The summed E-state index contributed by atoms with van der Waals surface area (Å²) in [6, 6.07) is 2.25. The van der Waals surface area contributed by atoms with Crippen molar-refractivity contribution in [3.05, 3.63) is 30.4 Å². The molecule has 30 heavy (non-hydrogen) atoms. The van der Waals surface area contributed by atoms with Crippen LogP contribution >= 0.6 is 0 Å². The van der Waals surface area contributed by atoms with Crippen LogP contribution < -0.4 is 4.90 Å². The SMILES string of the molecule is Cc1ccn(-c2cnc(N3CCC[C@]4(CCN(C5CCC(O)CC5)C4=O)C3)nc2)n1. The van der Waals surface area contributed by atoms with Crippen molar-refractivity contribution in [1.29, 1.82) is 0 Å². The van der Waals surface area contributed by atoms with Gasteiger partial charge >= 0.3 is 0 Å². The highest BCUT2D eigenvalue weighted by atomic mass is 16.3. The summed E-state index contributed by atoms with van der Waals surface area (Å²) in [6.45, 7) is 4.37. The third-order valence-electron chi connectivity index (χ3n) is 7.12. The molecule has 5 rings (SSSR count). The van der Waals surface area contributed by atoms with Crippen molar-refractivity contribution >= 4 is 11.9 Å². The number of aromatic nitrogens is 4. The number of hydrogen-bond acceptors (Lipinski definition) is 6. The molecule has 160 valence electrons. The predicted molar refractivity (Wildman–Crippen MR) is 112 cm³/mol. The summed E-state index contributed by atoms with van der Waals surface area (Å²) in [7, 11) is 0. The first-order valence-electron chi connectivity index (χ1n) is 11.1. The first-order valence-corrected chi connectivity index (χ1v) is 11.1. The van der Waals surface area contributed by atoms with E-state index in [1.807, 2.05) is 19.2 Å². The van der Waals surface area contributed by atoms with Crippen LogP contribution in [0.1, 0.15) is 50.6 Å². The summed E-state index contributed by atoms with van der Waals surface area (Å²) < 4.78 is 1.77. The Morgan fingerprint density at radius 1 is 1.10 bits per heavy atom. The fraction of sp³-hybridized carbons (Fsp3) is 0.636. The lowest BCUT2D eigenvalue weighted by atomic mass is 9.78. The van der Waals surface area contributed by atoms with Crippen LogP contribution in [0.15, 0.2) is 24.7 Å². The molecule has 3 aliphatic rings. The Kier molecular flexibility index (Phi) is 4.97. The number of carbonyl (C=O) groups excluding carboxylic acids is 1. The molecular weight excluding hydrogens is 380 g/mol. The van der Waals surface area contributed by atoms with E-state index in [-0.39, 0.29) is 11.5 Å². The average Bonchev–Trinajstić information content (AvgIpc) is 3.33. The summed E-state index contributed by atoms with van der Waals surface area (Å²) in [4.78, 5) is 26.9. The van der Waals surface area contributed by atoms with Gasteiger partial charge in [0, 0.05) is 31.9 Å². The number of piperidine rings is 1. The van der Waals surface area contributed by atoms with E-state index in [0.717, 1.165) is 69.4 Å². The van der Waals surface area contributed by atoms with E-state index in [1.165, 1.54) is 0 Å². The smallest absolute Gasteiger partial charge is 0.230 e. The fourth-order valence-corrected chi connectivity index (χ4v) is 5.40. The summed E-state index contributed by atoms with van der Waals surface area (Å²) in [5, 5.41) is 14.2. The molecule has 1 spiro atoms. The molecule has 2 saturated heterocycles. The first-order chi connectivity index (χ1) is 14.5. The zero-order valence-corrected chi connectivity index (χ0v) is 17.6. The lowest BCUT2D eigenvalue weighted by Crippen LogP contribution is -2.50. The molecule has 0 bridgehead atoms. The van der Waals surface area contributed by atoms with E-state index in [0.29, 0.717) is 24.4 Å². The molecule has 0 unspecified atom stereocenters. The molecular formula is C22H30N6O2. The molecule has 1 amide bonds. The molecule has 2 aromatic rings. The van der Waals surface area contributed by atoms with Gasteiger partial charge in [0.2, 0.25) is 11.9 Å². The molecule has 8 nitrogen and oxygen atoms in total. The molecule has 8 heteroatoms. The van der Waals surface area contributed by atoms with Gasteiger partial charge in [0.05, 0.1) is 29.6 Å². The maximum absolute atomic E-state index is 13.5. The zero-order valence-electron chi connectivity index (χ0n) is 17.6. The number of nitrogens with zero attached hydrogens (tertiary/aromatic N) is 6. The molecule has 2 aromatic heterocycles. The number of carbonyl (C=O) groups is 1. The van der Waals surface area contributed by atoms with Crippen LogP contribution in [-0.2, 0) is 4.79 Å². The van der Waals surface area contributed by atoms with Gasteiger partial charge in [0.25, 0.3) is 0 Å². The van der Waals surface area contributed by atoms with Crippen molar-refractivity contribution in [2.24, 2.45) is 5.41 Å². The molecule has 3 fully saturated rings. The van der Waals surface area contributed by atoms with Crippen molar-refractivity contribution in [3.8, 4) is 5.69 Å². The van der Waals surface area contributed by atoms with Crippen molar-refractivity contribution in [2.75, 3.05) is 24.5 Å². The van der Waals surface area contributed by atoms with Gasteiger partial charge in [-0.3, -0.25) is 4.79 Å². The Labute approximate surface area is 176 Å². The van der Waals surface area contributed by atoms with Crippen LogP contribution in [0, 0.1) is 12.3 Å². The van der Waals surface area contributed by atoms with Crippen LogP contribution in [0.3, 0.4) is 0 Å². The fourth-order valence-electron chi connectivity index (χ4n) is 5.40. The number of anilines is 1. The molecule has 0 radical (unpaired) electrons. The highest BCUT2D eigenvalue weighted by Gasteiger charge is 2.50. The number of aliphatic hydroxyl groups excluding tert-OH is 1. The van der Waals surface area contributed by atoms with Crippen molar-refractivity contribution in [1.82, 2.24) is 24.6 Å². The minimum absolute atomic E-state index is 0.191. The lowest BCUT2D eigenvalue weighted by molar-refractivity contribution is -0.139. The average molecular weight is 411 g/mol. The minimum Gasteiger partial charge on any atom is -0.393 e. The van der Waals surface area contributed by atoms with Gasteiger partial charge in [0.1, 0.15) is 5.69 Å². The van der Waals surface area contributed by atoms with Gasteiger partial charge in [-0.1, -0.05) is 0 Å². The van der Waals surface area contributed by atoms with E-state index >= 15 is 0 Å². The van der Waals surface area contributed by atoms with Gasteiger partial charge in [0.15, 0.2) is 0 Å². The lowest BCUT2D eigenvalue weighted by Gasteiger charge is -2.40. The molecule has 4 heterocycles. The van der Waals surface area contributed by atoms with Crippen LogP contribution in [0.2, 0.25) is 0 Å². The van der Waals surface area contributed by atoms with Crippen LogP contribution in [0.4, 0.5) is 5.95 Å². The van der Waals surface area contributed by atoms with Crippen LogP contribution in [-0.4, -0.2) is 67.4 Å². The summed E-state index contributed by atoms with van der Waals surface area (Å²) in [5.74, 6) is 0.992. The topological polar surface area (TPSA) is 87.4 Å². The maximum Gasteiger partial charge on any atom is 0.230 e. The highest BCUT2D eigenvalue weighted by Crippen LogP contribution is 2.43. The molecule has 1 saturated carbocycles. The van der Waals surface area contributed by atoms with Crippen molar-refractivity contribution in [2.45, 2.75) is 64.0 Å². The van der Waals surface area contributed by atoms with Crippen molar-refractivity contribution in [3.63, 3.8) is 0 Å². The summed E-state index contributed by atoms with van der Waals surface area (Å²) in [5.41, 5.74) is 1.48. The third kappa shape index (κ3) is 3.47. The third-order valence-corrected chi connectivity index (χ3v) is 7.12. The quantitative estimate of drug-likeness (QED) is 0.834. The Morgan fingerprint density at radius 2 is 1.87 bits per heavy atom. The number of likely N-dealkylation sites (tertiary alicyclic amines) is 1. The van der Waals surface area contributed by atoms with Crippen LogP contribution in [0.25, 0.3) is 5.69 Å². The second-order valence-corrected chi connectivity index (χ2v) is 9.16. The zero-order chi connectivity index (χ0) is 20.7.